The summed E-state index contributed by atoms with van der Waals surface area (Å²) in [5.74, 6) is 0. The van der Waals surface area contributed by atoms with Crippen LogP contribution in [0.2, 0.25) is 1.41 Å². The number of unbranched alkanes of at least 4 members (excludes halogenated alkanes) is 2. The largest absolute Gasteiger partial charge is 0.346 e. The average molecular weight is 270 g/mol. The lowest BCUT2D eigenvalue weighted by molar-refractivity contribution is 0.152. The molecule has 0 aromatic rings. The number of hydrogen-bond acceptors (Lipinski definition) is 7. The van der Waals surface area contributed by atoms with Crippen LogP contribution in [0.25, 0.3) is 0 Å². The molecule has 0 aliphatic rings. The highest BCUT2D eigenvalue weighted by Crippen LogP contribution is 2.47. The summed E-state index contributed by atoms with van der Waals surface area (Å²) in [6.45, 7) is 1.55. The number of hydroxylamine groups is 1. The Morgan fingerprint density at radius 3 is 1.94 bits per heavy atom. The van der Waals surface area contributed by atoms with Gasteiger partial charge in [0.15, 0.2) is 1.41 Å². The van der Waals surface area contributed by atoms with E-state index in [0.717, 1.165) is 12.8 Å². The van der Waals surface area contributed by atoms with Gasteiger partial charge in [-0.1, -0.05) is 0 Å². The molecule has 0 aliphatic heterocycles. The highest BCUT2D eigenvalue weighted by atomic mass is 31.2. The summed E-state index contributed by atoms with van der Waals surface area (Å²) in [7, 11) is -3.45. The van der Waals surface area contributed by atoms with E-state index < -0.39 is 13.9 Å². The fourth-order valence-corrected chi connectivity index (χ4v) is 2.30. The Bertz CT molecular complexity index is 230. The molecule has 8 heteroatoms. The van der Waals surface area contributed by atoms with E-state index in [1.165, 1.54) is 0 Å². The molecule has 0 heterocycles. The zero-order valence-electron chi connectivity index (χ0n) is 11.1. The molecule has 0 radical (unpaired) electrons. The Kier molecular flexibility index (Phi) is 9.83. The van der Waals surface area contributed by atoms with Crippen LogP contribution in [0, 0.1) is 0 Å². The van der Waals surface area contributed by atoms with Crippen molar-refractivity contribution in [1.82, 2.24) is 5.47 Å². The maximum absolute atomic E-state index is 12.1. The molecular weight excluding hydrogens is 245 g/mol. The summed E-state index contributed by atoms with van der Waals surface area (Å²) >= 11 is 0. The van der Waals surface area contributed by atoms with Crippen molar-refractivity contribution < 1.29 is 20.2 Å². The maximum Gasteiger partial charge on any atom is 0.346 e. The predicted octanol–water partition coefficient (Wildman–Crippen LogP) is 0.627. The van der Waals surface area contributed by atoms with Gasteiger partial charge in [0.05, 0.1) is 13.2 Å². The summed E-state index contributed by atoms with van der Waals surface area (Å²) in [6.07, 6.45) is 2.37. The Balaban J connectivity index is 4.03. The van der Waals surface area contributed by atoms with Gasteiger partial charge in [0.2, 0.25) is 0 Å². The smallest absolute Gasteiger partial charge is 0.330 e. The molecule has 17 heavy (non-hydrogen) atoms. The first-order valence-corrected chi connectivity index (χ1v) is 7.50. The van der Waals surface area contributed by atoms with Crippen LogP contribution in [0.5, 0.6) is 0 Å². The van der Waals surface area contributed by atoms with Crippen molar-refractivity contribution in [3.8, 4) is 0 Å². The molecule has 0 fully saturated rings. The fourth-order valence-electron chi connectivity index (χ4n) is 1.10. The third kappa shape index (κ3) is 9.67. The van der Waals surface area contributed by atoms with Crippen molar-refractivity contribution >= 4 is 7.60 Å². The summed E-state index contributed by atoms with van der Waals surface area (Å²) < 4.78 is 29.3. The number of hydrogen-bond donors (Lipinski definition) is 4. The first-order chi connectivity index (χ1) is 8.54. The maximum atomic E-state index is 12.1. The summed E-state index contributed by atoms with van der Waals surface area (Å²) in [6, 6.07) is 0. The van der Waals surface area contributed by atoms with Gasteiger partial charge in [-0.05, 0) is 38.8 Å². The number of nitrogens with two attached hydrogens (primary N) is 2. The van der Waals surface area contributed by atoms with Crippen molar-refractivity contribution in [3.63, 3.8) is 0 Å². The minimum absolute atomic E-state index is 0.0621. The zero-order valence-corrected chi connectivity index (χ0v) is 11.0. The third-order valence-corrected chi connectivity index (χ3v) is 3.63. The van der Waals surface area contributed by atoms with Crippen LogP contribution in [-0.2, 0) is 13.6 Å². The Morgan fingerprint density at radius 1 is 1.12 bits per heavy atom. The Labute approximate surface area is 104 Å². The third-order valence-electron chi connectivity index (χ3n) is 2.01. The molecule has 0 bridgehead atoms. The van der Waals surface area contributed by atoms with Gasteiger partial charge in [0.1, 0.15) is 6.29 Å². The molecule has 0 aromatic carbocycles. The van der Waals surface area contributed by atoms with Crippen LogP contribution in [-0.4, -0.2) is 37.8 Å². The average Bonchev–Trinajstić information content (AvgIpc) is 2.30. The molecule has 0 rings (SSSR count). The van der Waals surface area contributed by atoms with Crippen LogP contribution in [0.1, 0.15) is 25.7 Å². The van der Waals surface area contributed by atoms with E-state index in [9.17, 15) is 4.57 Å². The second-order valence-corrected chi connectivity index (χ2v) is 5.57. The first-order valence-electron chi connectivity index (χ1n) is 6.22. The van der Waals surface area contributed by atoms with Crippen molar-refractivity contribution in [2.45, 2.75) is 25.7 Å². The van der Waals surface area contributed by atoms with Gasteiger partial charge in [-0.3, -0.25) is 4.57 Å². The molecule has 0 saturated heterocycles. The van der Waals surface area contributed by atoms with E-state index in [1.807, 2.05) is 0 Å². The SMILES string of the molecule is [2H]N(O)CP(=O)(OCCCCN)OCCCCN. The van der Waals surface area contributed by atoms with Crippen molar-refractivity contribution in [1.29, 1.82) is 0 Å². The van der Waals surface area contributed by atoms with Crippen LogP contribution < -0.4 is 16.9 Å². The molecule has 0 aliphatic carbocycles. The minimum atomic E-state index is -3.45. The van der Waals surface area contributed by atoms with Gasteiger partial charge < -0.3 is 25.7 Å². The quantitative estimate of drug-likeness (QED) is 0.233. The molecule has 6 N–H and O–H groups in total. The normalized spacial score (nSPS) is 13.1. The van der Waals surface area contributed by atoms with Gasteiger partial charge >= 0.3 is 7.60 Å². The van der Waals surface area contributed by atoms with Crippen LogP contribution in [0.15, 0.2) is 0 Å². The zero-order chi connectivity index (χ0) is 13.9. The topological polar surface area (TPSA) is 120 Å². The number of nitrogens with one attached hydrogen (secondary N) is 1. The number of rotatable bonds is 12. The summed E-state index contributed by atoms with van der Waals surface area (Å²) in [5, 5.41) is 8.82. The molecule has 0 saturated carbocycles. The van der Waals surface area contributed by atoms with Crippen molar-refractivity contribution in [2.24, 2.45) is 11.5 Å². The van der Waals surface area contributed by atoms with E-state index >= 15 is 0 Å². The molecule has 0 spiro atoms. The Morgan fingerprint density at radius 2 is 1.59 bits per heavy atom. The second kappa shape index (κ2) is 11.1. The molecule has 0 unspecified atom stereocenters. The fraction of sp³-hybridized carbons (Fsp3) is 1.00. The molecule has 0 aromatic heterocycles. The van der Waals surface area contributed by atoms with Crippen LogP contribution >= 0.6 is 7.60 Å². The van der Waals surface area contributed by atoms with Crippen LogP contribution in [0.4, 0.5) is 0 Å². The molecule has 0 amide bonds. The van der Waals surface area contributed by atoms with Gasteiger partial charge in [-0.2, -0.15) is 5.47 Å². The second-order valence-electron chi connectivity index (χ2n) is 3.55. The van der Waals surface area contributed by atoms with E-state index in [1.54, 1.807) is 0 Å². The van der Waals surface area contributed by atoms with Crippen molar-refractivity contribution in [2.75, 3.05) is 32.6 Å². The summed E-state index contributed by atoms with van der Waals surface area (Å²) in [4.78, 5) is 0. The molecule has 0 atom stereocenters. The summed E-state index contributed by atoms with van der Waals surface area (Å²) in [5.41, 5.74) is 10.7. The predicted molar refractivity (Wildman–Crippen MR) is 65.9 cm³/mol. The lowest BCUT2D eigenvalue weighted by atomic mass is 10.3. The minimum Gasteiger partial charge on any atom is -0.330 e. The molecule has 7 nitrogen and oxygen atoms in total. The van der Waals surface area contributed by atoms with Gasteiger partial charge in [0.25, 0.3) is 0 Å². The monoisotopic (exact) mass is 270 g/mol. The van der Waals surface area contributed by atoms with E-state index in [4.69, 9.17) is 27.1 Å². The first kappa shape index (κ1) is 15.0. The Hall–Kier alpha value is -0.0100. The molecular formula is C9H24N3O4P. The van der Waals surface area contributed by atoms with Crippen LogP contribution in [0.3, 0.4) is 0 Å². The standard InChI is InChI=1S/C9H24N3O4P/c10-5-1-3-7-15-17(14,9-12-13)16-8-4-2-6-11/h12-13H,1-11H2/i/hD. The lowest BCUT2D eigenvalue weighted by Gasteiger charge is -2.17. The van der Waals surface area contributed by atoms with Crippen molar-refractivity contribution in [3.05, 3.63) is 0 Å². The lowest BCUT2D eigenvalue weighted by Crippen LogP contribution is -2.14. The van der Waals surface area contributed by atoms with E-state index in [0.29, 0.717) is 25.9 Å². The van der Waals surface area contributed by atoms with Gasteiger partial charge in [0, 0.05) is 0 Å². The van der Waals surface area contributed by atoms with Gasteiger partial charge in [-0.15, -0.1) is 0 Å². The van der Waals surface area contributed by atoms with E-state index in [-0.39, 0.29) is 18.7 Å². The van der Waals surface area contributed by atoms with E-state index in [2.05, 4.69) is 0 Å². The highest BCUT2D eigenvalue weighted by molar-refractivity contribution is 7.53. The highest BCUT2D eigenvalue weighted by Gasteiger charge is 2.23. The molecule has 104 valence electrons. The van der Waals surface area contributed by atoms with Gasteiger partial charge in [-0.25, -0.2) is 0 Å².